The highest BCUT2D eigenvalue weighted by atomic mass is 16.5. The van der Waals surface area contributed by atoms with Gasteiger partial charge in [0, 0.05) is 13.0 Å². The third-order valence-corrected chi connectivity index (χ3v) is 5.52. The molecule has 1 aromatic carbocycles. The second-order valence-electron chi connectivity index (χ2n) is 6.93. The van der Waals surface area contributed by atoms with E-state index in [4.69, 9.17) is 9.47 Å². The summed E-state index contributed by atoms with van der Waals surface area (Å²) in [5.74, 6) is 4.04. The van der Waals surface area contributed by atoms with Gasteiger partial charge < -0.3 is 14.8 Å². The van der Waals surface area contributed by atoms with E-state index in [1.807, 2.05) is 18.2 Å². The monoisotopic (exact) mass is 317 g/mol. The first kappa shape index (κ1) is 16.2. The van der Waals surface area contributed by atoms with E-state index in [1.165, 1.54) is 25.7 Å². The van der Waals surface area contributed by atoms with Crippen molar-refractivity contribution < 1.29 is 14.3 Å². The van der Waals surface area contributed by atoms with Gasteiger partial charge in [-0.15, -0.1) is 0 Å². The fourth-order valence-electron chi connectivity index (χ4n) is 4.32. The molecule has 23 heavy (non-hydrogen) atoms. The summed E-state index contributed by atoms with van der Waals surface area (Å²) in [6.07, 6.45) is 6.89. The van der Waals surface area contributed by atoms with Crippen LogP contribution in [0.2, 0.25) is 0 Å². The van der Waals surface area contributed by atoms with Crippen molar-refractivity contribution in [3.05, 3.63) is 23.8 Å². The molecule has 0 saturated heterocycles. The number of fused-ring (bicyclic) bond motifs is 2. The zero-order valence-corrected chi connectivity index (χ0v) is 14.1. The first-order chi connectivity index (χ1) is 11.2. The van der Waals surface area contributed by atoms with Crippen molar-refractivity contribution in [2.24, 2.45) is 17.8 Å². The van der Waals surface area contributed by atoms with Crippen LogP contribution in [0.5, 0.6) is 11.5 Å². The van der Waals surface area contributed by atoms with Crippen molar-refractivity contribution in [3.8, 4) is 11.5 Å². The summed E-state index contributed by atoms with van der Waals surface area (Å²) >= 11 is 0. The van der Waals surface area contributed by atoms with Crippen molar-refractivity contribution in [1.82, 2.24) is 5.32 Å². The molecule has 126 valence electrons. The Kier molecular flexibility index (Phi) is 5.09. The van der Waals surface area contributed by atoms with Gasteiger partial charge in [0.25, 0.3) is 0 Å². The molecule has 0 aromatic heterocycles. The molecule has 1 N–H and O–H groups in total. The van der Waals surface area contributed by atoms with Gasteiger partial charge in [-0.3, -0.25) is 4.79 Å². The molecule has 3 atom stereocenters. The summed E-state index contributed by atoms with van der Waals surface area (Å²) in [5.41, 5.74) is 1.14. The van der Waals surface area contributed by atoms with Crippen LogP contribution in [-0.4, -0.2) is 26.7 Å². The van der Waals surface area contributed by atoms with Gasteiger partial charge in [0.15, 0.2) is 11.5 Å². The minimum absolute atomic E-state index is 0.211. The fourth-order valence-corrected chi connectivity index (χ4v) is 4.32. The molecule has 0 radical (unpaired) electrons. The van der Waals surface area contributed by atoms with Gasteiger partial charge in [0.2, 0.25) is 5.91 Å². The molecule has 2 aliphatic rings. The molecule has 2 aliphatic carbocycles. The van der Waals surface area contributed by atoms with E-state index in [2.05, 4.69) is 5.32 Å². The van der Waals surface area contributed by atoms with E-state index in [-0.39, 0.29) is 5.91 Å². The number of methoxy groups -OCH3 is 2. The molecule has 0 heterocycles. The normalized spacial score (nSPS) is 25.4. The predicted octanol–water partition coefficient (Wildman–Crippen LogP) is 3.19. The van der Waals surface area contributed by atoms with Crippen LogP contribution < -0.4 is 14.8 Å². The van der Waals surface area contributed by atoms with Gasteiger partial charge in [-0.05, 0) is 61.1 Å². The van der Waals surface area contributed by atoms with Crippen LogP contribution >= 0.6 is 0 Å². The minimum Gasteiger partial charge on any atom is -0.493 e. The van der Waals surface area contributed by atoms with Gasteiger partial charge in [0.1, 0.15) is 0 Å². The zero-order valence-electron chi connectivity index (χ0n) is 14.1. The Labute approximate surface area is 138 Å². The number of hydrogen-bond donors (Lipinski definition) is 1. The van der Waals surface area contributed by atoms with Crippen molar-refractivity contribution in [2.45, 2.75) is 38.5 Å². The quantitative estimate of drug-likeness (QED) is 0.840. The number of amides is 1. The Bertz CT molecular complexity index is 558. The van der Waals surface area contributed by atoms with Crippen LogP contribution in [0, 0.1) is 17.8 Å². The molecule has 1 aromatic rings. The number of benzene rings is 1. The lowest BCUT2D eigenvalue weighted by molar-refractivity contribution is -0.122. The molecule has 1 amide bonds. The highest BCUT2D eigenvalue weighted by Crippen LogP contribution is 2.49. The smallest absolute Gasteiger partial charge is 0.220 e. The first-order valence-corrected chi connectivity index (χ1v) is 8.67. The minimum atomic E-state index is 0.211. The highest BCUT2D eigenvalue weighted by molar-refractivity contribution is 5.76. The molecule has 0 spiro atoms. The van der Waals surface area contributed by atoms with Crippen molar-refractivity contribution in [3.63, 3.8) is 0 Å². The molecule has 2 bridgehead atoms. The van der Waals surface area contributed by atoms with E-state index in [9.17, 15) is 4.79 Å². The molecule has 4 nitrogen and oxygen atoms in total. The lowest BCUT2D eigenvalue weighted by Gasteiger charge is -2.20. The highest BCUT2D eigenvalue weighted by Gasteiger charge is 2.39. The maximum absolute atomic E-state index is 12.1. The number of rotatable bonds is 7. The maximum atomic E-state index is 12.1. The summed E-state index contributed by atoms with van der Waals surface area (Å²) in [6.45, 7) is 0.676. The van der Waals surface area contributed by atoms with Gasteiger partial charge >= 0.3 is 0 Å². The Morgan fingerprint density at radius 1 is 1.17 bits per heavy atom. The first-order valence-electron chi connectivity index (χ1n) is 8.67. The summed E-state index contributed by atoms with van der Waals surface area (Å²) in [7, 11) is 3.27. The van der Waals surface area contributed by atoms with Crippen molar-refractivity contribution >= 4 is 5.91 Å². The predicted molar refractivity (Wildman–Crippen MR) is 89.8 cm³/mol. The topological polar surface area (TPSA) is 47.6 Å². The Hall–Kier alpha value is -1.71. The summed E-state index contributed by atoms with van der Waals surface area (Å²) < 4.78 is 10.5. The van der Waals surface area contributed by atoms with E-state index in [0.29, 0.717) is 18.9 Å². The Morgan fingerprint density at radius 3 is 2.65 bits per heavy atom. The van der Waals surface area contributed by atoms with Gasteiger partial charge in [-0.1, -0.05) is 12.5 Å². The lowest BCUT2D eigenvalue weighted by atomic mass is 9.86. The van der Waals surface area contributed by atoms with Gasteiger partial charge in [0.05, 0.1) is 14.2 Å². The maximum Gasteiger partial charge on any atom is 0.220 e. The van der Waals surface area contributed by atoms with Crippen LogP contribution in [0.25, 0.3) is 0 Å². The van der Waals surface area contributed by atoms with Gasteiger partial charge in [-0.25, -0.2) is 0 Å². The molecule has 2 fully saturated rings. The third kappa shape index (κ3) is 3.80. The third-order valence-electron chi connectivity index (χ3n) is 5.52. The summed E-state index contributed by atoms with van der Waals surface area (Å²) in [5, 5.41) is 3.07. The molecule has 4 heteroatoms. The average molecular weight is 317 g/mol. The van der Waals surface area contributed by atoms with Crippen LogP contribution in [0.1, 0.15) is 37.7 Å². The average Bonchev–Trinajstić information content (AvgIpc) is 3.17. The van der Waals surface area contributed by atoms with E-state index in [0.717, 1.165) is 35.3 Å². The Morgan fingerprint density at radius 2 is 2.00 bits per heavy atom. The molecular weight excluding hydrogens is 290 g/mol. The molecule has 0 aliphatic heterocycles. The van der Waals surface area contributed by atoms with Crippen LogP contribution in [0.4, 0.5) is 0 Å². The van der Waals surface area contributed by atoms with E-state index in [1.54, 1.807) is 14.2 Å². The zero-order chi connectivity index (χ0) is 16.2. The van der Waals surface area contributed by atoms with Crippen molar-refractivity contribution in [1.29, 1.82) is 0 Å². The fraction of sp³-hybridized carbons (Fsp3) is 0.632. The van der Waals surface area contributed by atoms with Gasteiger partial charge in [-0.2, -0.15) is 0 Å². The number of hydrogen-bond acceptors (Lipinski definition) is 3. The standard InChI is InChI=1S/C19H27NO3/c1-22-17-6-4-13(11-18(17)23-2)7-8-20-19(21)12-16-10-14-3-5-15(16)9-14/h4,6,11,14-16H,3,5,7-10,12H2,1-2H3,(H,20,21)/t14-,15-,16-/m0/s1. The van der Waals surface area contributed by atoms with Crippen LogP contribution in [0.3, 0.4) is 0 Å². The largest absolute Gasteiger partial charge is 0.493 e. The van der Waals surface area contributed by atoms with Crippen molar-refractivity contribution in [2.75, 3.05) is 20.8 Å². The number of carbonyl (C=O) groups is 1. The van der Waals surface area contributed by atoms with Crippen LogP contribution in [0.15, 0.2) is 18.2 Å². The lowest BCUT2D eigenvalue weighted by Crippen LogP contribution is -2.29. The number of ether oxygens (including phenoxy) is 2. The summed E-state index contributed by atoms with van der Waals surface area (Å²) in [4.78, 5) is 12.1. The number of nitrogens with one attached hydrogen (secondary N) is 1. The SMILES string of the molecule is COc1ccc(CCNC(=O)C[C@@H]2C[C@H]3CC[C@H]2C3)cc1OC. The molecular formula is C19H27NO3. The second-order valence-corrected chi connectivity index (χ2v) is 6.93. The second kappa shape index (κ2) is 7.24. The summed E-state index contributed by atoms with van der Waals surface area (Å²) in [6, 6.07) is 5.90. The molecule has 3 rings (SSSR count). The molecule has 0 unspecified atom stereocenters. The van der Waals surface area contributed by atoms with E-state index >= 15 is 0 Å². The molecule has 2 saturated carbocycles. The van der Waals surface area contributed by atoms with Crippen LogP contribution in [-0.2, 0) is 11.2 Å². The number of carbonyl (C=O) groups excluding carboxylic acids is 1. The Balaban J connectivity index is 1.43. The van der Waals surface area contributed by atoms with E-state index < -0.39 is 0 Å².